The first kappa shape index (κ1) is 20.8. The smallest absolute Gasteiger partial charge is 0.353 e. The third kappa shape index (κ3) is 5.31. The third-order valence-electron chi connectivity index (χ3n) is 5.73. The second-order valence-electron chi connectivity index (χ2n) is 9.65. The van der Waals surface area contributed by atoms with E-state index >= 15 is 0 Å². The molecule has 0 unspecified atom stereocenters. The number of piperidine rings is 1. The van der Waals surface area contributed by atoms with Crippen molar-refractivity contribution in [1.29, 1.82) is 0 Å². The average molecular weight is 391 g/mol. The van der Waals surface area contributed by atoms with Crippen molar-refractivity contribution in [3.63, 3.8) is 0 Å². The SMILES string of the molecule is CC1(C)CC(Nc2ncnc(NC3CCCCCC3)c2[N+](=O)[O-])CC(C)(C)N1. The molecule has 3 rings (SSSR count). The lowest BCUT2D eigenvalue weighted by molar-refractivity contribution is -0.383. The van der Waals surface area contributed by atoms with Crippen LogP contribution in [0.4, 0.5) is 17.3 Å². The van der Waals surface area contributed by atoms with Gasteiger partial charge in [-0.15, -0.1) is 0 Å². The Kier molecular flexibility index (Phi) is 6.07. The zero-order valence-electron chi connectivity index (χ0n) is 17.5. The summed E-state index contributed by atoms with van der Waals surface area (Å²) in [5.41, 5.74) is -0.147. The second kappa shape index (κ2) is 8.19. The highest BCUT2D eigenvalue weighted by molar-refractivity contribution is 5.69. The summed E-state index contributed by atoms with van der Waals surface area (Å²) in [5.74, 6) is 0.650. The van der Waals surface area contributed by atoms with Crippen LogP contribution in [-0.2, 0) is 0 Å². The summed E-state index contributed by atoms with van der Waals surface area (Å²) in [7, 11) is 0. The molecule has 1 aromatic rings. The molecule has 1 aliphatic carbocycles. The molecule has 2 aliphatic rings. The fourth-order valence-electron chi connectivity index (χ4n) is 5.00. The molecule has 2 heterocycles. The van der Waals surface area contributed by atoms with Gasteiger partial charge in [0.2, 0.25) is 11.6 Å². The Morgan fingerprint density at radius 2 is 1.46 bits per heavy atom. The van der Waals surface area contributed by atoms with Crippen molar-refractivity contribution in [2.45, 2.75) is 102 Å². The molecule has 0 spiro atoms. The van der Waals surface area contributed by atoms with Gasteiger partial charge in [-0.3, -0.25) is 10.1 Å². The number of aromatic nitrogens is 2. The van der Waals surface area contributed by atoms with Crippen LogP contribution in [0.15, 0.2) is 6.33 Å². The fourth-order valence-corrected chi connectivity index (χ4v) is 5.00. The highest BCUT2D eigenvalue weighted by Crippen LogP contribution is 2.35. The molecule has 0 radical (unpaired) electrons. The molecule has 156 valence electrons. The van der Waals surface area contributed by atoms with Gasteiger partial charge >= 0.3 is 5.69 Å². The van der Waals surface area contributed by atoms with Crippen molar-refractivity contribution in [2.24, 2.45) is 0 Å². The predicted octanol–water partition coefficient (Wildman–Crippen LogP) is 4.24. The van der Waals surface area contributed by atoms with E-state index in [0.29, 0.717) is 11.6 Å². The summed E-state index contributed by atoms with van der Waals surface area (Å²) < 4.78 is 0. The first-order valence-electron chi connectivity index (χ1n) is 10.5. The maximum absolute atomic E-state index is 11.9. The molecule has 1 saturated heterocycles. The maximum atomic E-state index is 11.9. The molecule has 1 aromatic heterocycles. The van der Waals surface area contributed by atoms with Crippen molar-refractivity contribution in [1.82, 2.24) is 15.3 Å². The molecule has 1 saturated carbocycles. The Morgan fingerprint density at radius 1 is 0.964 bits per heavy atom. The quantitative estimate of drug-likeness (QED) is 0.392. The number of nitrogens with zero attached hydrogens (tertiary/aromatic N) is 3. The first-order chi connectivity index (χ1) is 13.2. The topological polar surface area (TPSA) is 105 Å². The molecular formula is C20H34N6O2. The number of nitrogens with one attached hydrogen (secondary N) is 3. The predicted molar refractivity (Wildman–Crippen MR) is 112 cm³/mol. The third-order valence-corrected chi connectivity index (χ3v) is 5.73. The zero-order chi connectivity index (χ0) is 20.4. The van der Waals surface area contributed by atoms with Gasteiger partial charge in [-0.05, 0) is 53.4 Å². The van der Waals surface area contributed by atoms with E-state index in [1.807, 2.05) is 0 Å². The second-order valence-corrected chi connectivity index (χ2v) is 9.65. The van der Waals surface area contributed by atoms with Crippen molar-refractivity contribution in [3.05, 3.63) is 16.4 Å². The van der Waals surface area contributed by atoms with Crippen LogP contribution in [0.1, 0.15) is 79.1 Å². The Bertz CT molecular complexity index is 682. The Morgan fingerprint density at radius 3 is 1.96 bits per heavy atom. The lowest BCUT2D eigenvalue weighted by Gasteiger charge is -2.46. The molecule has 28 heavy (non-hydrogen) atoms. The van der Waals surface area contributed by atoms with Crippen molar-refractivity contribution >= 4 is 17.3 Å². The van der Waals surface area contributed by atoms with Crippen LogP contribution in [0.5, 0.6) is 0 Å². The van der Waals surface area contributed by atoms with Gasteiger partial charge in [0.05, 0.1) is 4.92 Å². The first-order valence-corrected chi connectivity index (χ1v) is 10.5. The van der Waals surface area contributed by atoms with Gasteiger partial charge in [0.1, 0.15) is 6.33 Å². The van der Waals surface area contributed by atoms with E-state index in [1.165, 1.54) is 19.2 Å². The van der Waals surface area contributed by atoms with Gasteiger partial charge in [-0.25, -0.2) is 9.97 Å². The van der Waals surface area contributed by atoms with Crippen LogP contribution in [0.2, 0.25) is 0 Å². The molecule has 3 N–H and O–H groups in total. The molecule has 8 heteroatoms. The van der Waals surface area contributed by atoms with Crippen molar-refractivity contribution < 1.29 is 4.92 Å². The Balaban J connectivity index is 1.82. The summed E-state index contributed by atoms with van der Waals surface area (Å²) >= 11 is 0. The lowest BCUT2D eigenvalue weighted by Crippen LogP contribution is -2.60. The average Bonchev–Trinajstić information content (AvgIpc) is 2.80. The highest BCUT2D eigenvalue weighted by Gasteiger charge is 2.38. The van der Waals surface area contributed by atoms with Crippen LogP contribution in [0.3, 0.4) is 0 Å². The van der Waals surface area contributed by atoms with E-state index in [9.17, 15) is 10.1 Å². The summed E-state index contributed by atoms with van der Waals surface area (Å²) in [6.45, 7) is 8.65. The zero-order valence-corrected chi connectivity index (χ0v) is 17.5. The molecular weight excluding hydrogens is 356 g/mol. The Labute approximate surface area is 167 Å². The minimum atomic E-state index is -0.362. The molecule has 0 bridgehead atoms. The molecule has 0 amide bonds. The van der Waals surface area contributed by atoms with E-state index < -0.39 is 0 Å². The minimum Gasteiger partial charge on any atom is -0.361 e. The van der Waals surface area contributed by atoms with Gasteiger partial charge in [0.25, 0.3) is 0 Å². The van der Waals surface area contributed by atoms with E-state index in [1.54, 1.807) is 0 Å². The van der Waals surface area contributed by atoms with Gasteiger partial charge in [0.15, 0.2) is 0 Å². The maximum Gasteiger partial charge on any atom is 0.353 e. The van der Waals surface area contributed by atoms with Gasteiger partial charge in [0, 0.05) is 23.2 Å². The Hall–Kier alpha value is -1.96. The van der Waals surface area contributed by atoms with E-state index in [2.05, 4.69) is 53.6 Å². The normalized spacial score (nSPS) is 23.0. The minimum absolute atomic E-state index is 0.0408. The van der Waals surface area contributed by atoms with Crippen LogP contribution in [0, 0.1) is 10.1 Å². The molecule has 1 aliphatic heterocycles. The standard InChI is InChI=1S/C20H34N6O2/c1-19(2)11-15(12-20(3,4)25-19)24-18-16(26(27)28)17(21-13-22-18)23-14-9-7-5-6-8-10-14/h13-15,25H,5-12H2,1-4H3,(H2,21,22,23,24). The van der Waals surface area contributed by atoms with Gasteiger partial charge in [-0.2, -0.15) is 0 Å². The highest BCUT2D eigenvalue weighted by atomic mass is 16.6. The van der Waals surface area contributed by atoms with Crippen LogP contribution >= 0.6 is 0 Å². The fraction of sp³-hybridized carbons (Fsp3) is 0.800. The lowest BCUT2D eigenvalue weighted by atomic mass is 9.79. The van der Waals surface area contributed by atoms with Crippen molar-refractivity contribution in [3.8, 4) is 0 Å². The van der Waals surface area contributed by atoms with Gasteiger partial charge in [-0.1, -0.05) is 25.7 Å². The molecule has 2 fully saturated rings. The number of hydrogen-bond acceptors (Lipinski definition) is 7. The monoisotopic (exact) mass is 390 g/mol. The molecule has 0 atom stereocenters. The largest absolute Gasteiger partial charge is 0.361 e. The van der Waals surface area contributed by atoms with Crippen LogP contribution in [-0.4, -0.2) is 38.1 Å². The summed E-state index contributed by atoms with van der Waals surface area (Å²) in [6.07, 6.45) is 9.98. The van der Waals surface area contributed by atoms with Crippen molar-refractivity contribution in [2.75, 3.05) is 10.6 Å². The van der Waals surface area contributed by atoms with E-state index in [4.69, 9.17) is 0 Å². The summed E-state index contributed by atoms with van der Waals surface area (Å²) in [6, 6.07) is 0.339. The van der Waals surface area contributed by atoms with Crippen LogP contribution < -0.4 is 16.0 Å². The number of anilines is 2. The molecule has 0 aromatic carbocycles. The summed E-state index contributed by atoms with van der Waals surface area (Å²) in [5, 5.41) is 22.2. The summed E-state index contributed by atoms with van der Waals surface area (Å²) in [4.78, 5) is 20.0. The number of hydrogen-bond donors (Lipinski definition) is 3. The van der Waals surface area contributed by atoms with Crippen LogP contribution in [0.25, 0.3) is 0 Å². The van der Waals surface area contributed by atoms with E-state index in [0.717, 1.165) is 38.5 Å². The molecule has 8 nitrogen and oxygen atoms in total. The van der Waals surface area contributed by atoms with E-state index in [-0.39, 0.29) is 33.8 Å². The number of nitro groups is 1. The number of rotatable bonds is 5. The van der Waals surface area contributed by atoms with Gasteiger partial charge < -0.3 is 16.0 Å².